The van der Waals surface area contributed by atoms with Crippen LogP contribution in [0.4, 0.5) is 0 Å². The number of ether oxygens (including phenoxy) is 1. The molecular formula is C14H15BrN2O. The summed E-state index contributed by atoms with van der Waals surface area (Å²) < 4.78 is 6.44. The maximum absolute atomic E-state index is 5.68. The molecule has 0 fully saturated rings. The van der Waals surface area contributed by atoms with Crippen LogP contribution >= 0.6 is 15.9 Å². The summed E-state index contributed by atoms with van der Waals surface area (Å²) in [6.07, 6.45) is 0. The molecule has 1 aromatic heterocycles. The second-order valence-electron chi connectivity index (χ2n) is 4.32. The van der Waals surface area contributed by atoms with E-state index in [1.54, 1.807) is 6.07 Å². The number of rotatable bonds is 4. The highest BCUT2D eigenvalue weighted by atomic mass is 79.9. The Bertz CT molecular complexity index is 514. The average molecular weight is 307 g/mol. The van der Waals surface area contributed by atoms with E-state index in [1.807, 2.05) is 30.3 Å². The molecule has 0 amide bonds. The minimum Gasteiger partial charge on any atom is -0.473 e. The lowest BCUT2D eigenvalue weighted by molar-refractivity contribution is 0.291. The molecule has 18 heavy (non-hydrogen) atoms. The Labute approximate surface area is 115 Å². The minimum atomic E-state index is 0.279. The third-order valence-corrected chi connectivity index (χ3v) is 2.84. The molecule has 0 aliphatic rings. The number of halogens is 1. The zero-order valence-corrected chi connectivity index (χ0v) is 12.0. The Hall–Kier alpha value is -1.42. The van der Waals surface area contributed by atoms with Crippen molar-refractivity contribution >= 4 is 15.9 Å². The Kier molecular flexibility index (Phi) is 4.31. The van der Waals surface area contributed by atoms with E-state index in [0.29, 0.717) is 12.5 Å². The third kappa shape index (κ3) is 3.53. The number of hydrogen-bond acceptors (Lipinski definition) is 3. The Morgan fingerprint density at radius 2 is 1.89 bits per heavy atom. The van der Waals surface area contributed by atoms with Crippen molar-refractivity contribution in [2.24, 2.45) is 0 Å². The van der Waals surface area contributed by atoms with Crippen molar-refractivity contribution in [3.05, 3.63) is 52.4 Å². The molecule has 0 radical (unpaired) electrons. The molecule has 2 rings (SSSR count). The van der Waals surface area contributed by atoms with Gasteiger partial charge in [0.05, 0.1) is 0 Å². The lowest BCUT2D eigenvalue weighted by atomic mass is 10.2. The summed E-state index contributed by atoms with van der Waals surface area (Å²) >= 11 is 3.38. The molecular weight excluding hydrogens is 292 g/mol. The van der Waals surface area contributed by atoms with E-state index >= 15 is 0 Å². The molecule has 1 heterocycles. The highest BCUT2D eigenvalue weighted by Crippen LogP contribution is 2.19. The molecule has 0 unspecified atom stereocenters. The van der Waals surface area contributed by atoms with Crippen LogP contribution in [0.1, 0.15) is 31.2 Å². The molecule has 0 saturated carbocycles. The van der Waals surface area contributed by atoms with Crippen molar-refractivity contribution in [1.82, 2.24) is 9.97 Å². The van der Waals surface area contributed by atoms with Gasteiger partial charge in [-0.1, -0.05) is 44.2 Å². The first kappa shape index (κ1) is 13.0. The van der Waals surface area contributed by atoms with Crippen molar-refractivity contribution in [1.29, 1.82) is 0 Å². The fourth-order valence-electron chi connectivity index (χ4n) is 1.48. The van der Waals surface area contributed by atoms with E-state index < -0.39 is 0 Å². The van der Waals surface area contributed by atoms with E-state index in [4.69, 9.17) is 4.74 Å². The molecule has 1 aromatic carbocycles. The molecule has 94 valence electrons. The molecule has 0 N–H and O–H groups in total. The predicted molar refractivity (Wildman–Crippen MR) is 74.6 cm³/mol. The first-order valence-corrected chi connectivity index (χ1v) is 6.65. The first-order chi connectivity index (χ1) is 8.65. The highest BCUT2D eigenvalue weighted by molar-refractivity contribution is 9.10. The summed E-state index contributed by atoms with van der Waals surface area (Å²) in [6.45, 7) is 4.63. The van der Waals surface area contributed by atoms with Crippen LogP contribution in [-0.2, 0) is 6.61 Å². The van der Waals surface area contributed by atoms with Gasteiger partial charge in [-0.3, -0.25) is 0 Å². The number of benzene rings is 1. The molecule has 0 bridgehead atoms. The molecule has 0 spiro atoms. The van der Waals surface area contributed by atoms with Crippen molar-refractivity contribution in [3.63, 3.8) is 0 Å². The van der Waals surface area contributed by atoms with Gasteiger partial charge < -0.3 is 4.74 Å². The molecule has 0 atom stereocenters. The fourth-order valence-corrected chi connectivity index (χ4v) is 1.85. The zero-order valence-electron chi connectivity index (χ0n) is 10.4. The van der Waals surface area contributed by atoms with Crippen molar-refractivity contribution in [2.45, 2.75) is 26.4 Å². The molecule has 3 nitrogen and oxygen atoms in total. The summed E-state index contributed by atoms with van der Waals surface area (Å²) in [5.41, 5.74) is 1.12. The smallest absolute Gasteiger partial charge is 0.218 e. The SMILES string of the molecule is CC(C)c1nc(Br)cc(OCc2ccccc2)n1. The predicted octanol–water partition coefficient (Wildman–Crippen LogP) is 3.94. The monoisotopic (exact) mass is 306 g/mol. The van der Waals surface area contributed by atoms with Gasteiger partial charge in [0.2, 0.25) is 5.88 Å². The van der Waals surface area contributed by atoms with Crippen molar-refractivity contribution in [3.8, 4) is 5.88 Å². The van der Waals surface area contributed by atoms with Crippen LogP contribution in [0.2, 0.25) is 0 Å². The Balaban J connectivity index is 2.10. The van der Waals surface area contributed by atoms with Gasteiger partial charge in [-0.05, 0) is 21.5 Å². The minimum absolute atomic E-state index is 0.279. The van der Waals surface area contributed by atoms with Crippen LogP contribution in [0.5, 0.6) is 5.88 Å². The normalized spacial score (nSPS) is 10.7. The maximum Gasteiger partial charge on any atom is 0.218 e. The fraction of sp³-hybridized carbons (Fsp3) is 0.286. The van der Waals surface area contributed by atoms with Gasteiger partial charge in [0.15, 0.2) is 0 Å². The molecule has 0 aliphatic carbocycles. The summed E-state index contributed by atoms with van der Waals surface area (Å²) in [6, 6.07) is 11.8. The third-order valence-electron chi connectivity index (χ3n) is 2.43. The molecule has 0 aliphatic heterocycles. The second-order valence-corrected chi connectivity index (χ2v) is 5.13. The van der Waals surface area contributed by atoms with Crippen LogP contribution in [0.3, 0.4) is 0 Å². The molecule has 4 heteroatoms. The lowest BCUT2D eigenvalue weighted by Gasteiger charge is -2.09. The van der Waals surface area contributed by atoms with Gasteiger partial charge >= 0.3 is 0 Å². The largest absolute Gasteiger partial charge is 0.473 e. The number of aromatic nitrogens is 2. The summed E-state index contributed by atoms with van der Waals surface area (Å²) in [5, 5.41) is 0. The van der Waals surface area contributed by atoms with Crippen LogP contribution < -0.4 is 4.74 Å². The first-order valence-electron chi connectivity index (χ1n) is 5.86. The van der Waals surface area contributed by atoms with Crippen molar-refractivity contribution < 1.29 is 4.74 Å². The maximum atomic E-state index is 5.68. The topological polar surface area (TPSA) is 35.0 Å². The van der Waals surface area contributed by atoms with Gasteiger partial charge in [-0.2, -0.15) is 4.98 Å². The van der Waals surface area contributed by atoms with Gasteiger partial charge in [-0.15, -0.1) is 0 Å². The van der Waals surface area contributed by atoms with Gasteiger partial charge in [0.25, 0.3) is 0 Å². The van der Waals surface area contributed by atoms with E-state index in [1.165, 1.54) is 0 Å². The lowest BCUT2D eigenvalue weighted by Crippen LogP contribution is -2.02. The number of nitrogens with zero attached hydrogens (tertiary/aromatic N) is 2. The van der Waals surface area contributed by atoms with Crippen LogP contribution in [-0.4, -0.2) is 9.97 Å². The highest BCUT2D eigenvalue weighted by Gasteiger charge is 2.07. The van der Waals surface area contributed by atoms with Crippen LogP contribution in [0.25, 0.3) is 0 Å². The van der Waals surface area contributed by atoms with Gasteiger partial charge in [0, 0.05) is 12.0 Å². The molecule has 0 saturated heterocycles. The summed E-state index contributed by atoms with van der Waals surface area (Å²) in [5.74, 6) is 1.67. The van der Waals surface area contributed by atoms with Crippen LogP contribution in [0.15, 0.2) is 41.0 Å². The summed E-state index contributed by atoms with van der Waals surface area (Å²) in [7, 11) is 0. The average Bonchev–Trinajstić information content (AvgIpc) is 2.37. The standard InChI is InChI=1S/C14H15BrN2O/c1-10(2)14-16-12(15)8-13(17-14)18-9-11-6-4-3-5-7-11/h3-8,10H,9H2,1-2H3. The Morgan fingerprint density at radius 3 is 2.56 bits per heavy atom. The Morgan fingerprint density at radius 1 is 1.17 bits per heavy atom. The van der Waals surface area contributed by atoms with E-state index in [0.717, 1.165) is 16.0 Å². The van der Waals surface area contributed by atoms with Crippen LogP contribution in [0, 0.1) is 0 Å². The zero-order chi connectivity index (χ0) is 13.0. The number of hydrogen-bond donors (Lipinski definition) is 0. The quantitative estimate of drug-likeness (QED) is 0.803. The van der Waals surface area contributed by atoms with Gasteiger partial charge in [0.1, 0.15) is 17.0 Å². The molecule has 2 aromatic rings. The van der Waals surface area contributed by atoms with Crippen molar-refractivity contribution in [2.75, 3.05) is 0 Å². The van der Waals surface area contributed by atoms with E-state index in [-0.39, 0.29) is 5.92 Å². The summed E-state index contributed by atoms with van der Waals surface area (Å²) in [4.78, 5) is 8.70. The second kappa shape index (κ2) is 5.96. The van der Waals surface area contributed by atoms with E-state index in [2.05, 4.69) is 39.7 Å². The van der Waals surface area contributed by atoms with E-state index in [9.17, 15) is 0 Å². The van der Waals surface area contributed by atoms with Gasteiger partial charge in [-0.25, -0.2) is 4.98 Å².